The molecule has 0 atom stereocenters. The van der Waals surface area contributed by atoms with Crippen LogP contribution in [-0.4, -0.2) is 27.0 Å². The summed E-state index contributed by atoms with van der Waals surface area (Å²) in [5.41, 5.74) is -5.60. The van der Waals surface area contributed by atoms with E-state index in [1.807, 2.05) is 0 Å². The van der Waals surface area contributed by atoms with E-state index >= 15 is 0 Å². The van der Waals surface area contributed by atoms with Crippen molar-refractivity contribution in [3.63, 3.8) is 0 Å². The van der Waals surface area contributed by atoms with Gasteiger partial charge < -0.3 is 8.92 Å². The summed E-state index contributed by atoms with van der Waals surface area (Å²) in [6, 6.07) is 35.9. The van der Waals surface area contributed by atoms with Crippen LogP contribution < -0.4 is 20.1 Å². The van der Waals surface area contributed by atoms with Crippen LogP contribution in [0.4, 0.5) is 13.2 Å². The van der Waals surface area contributed by atoms with Crippen molar-refractivity contribution < 1.29 is 35.3 Å². The standard InChI is InChI=1S/C18H15P.C10H8BrF3O5S/c1-4-10-16(11-5-1)19(17-12-6-2-7-13-17)18-14-8-3-9-15-18;1-18-9(15)7-3-2-6(5-11)4-8(7)19-20(16,17)10(12,13)14/h1-15H;2-4H,5H2,1H3. The van der Waals surface area contributed by atoms with Crippen molar-refractivity contribution in [2.45, 2.75) is 10.8 Å². The number of rotatable bonds is 7. The fourth-order valence-corrected chi connectivity index (χ4v) is 6.46. The molecule has 0 saturated carbocycles. The molecule has 0 heterocycles. The SMILES string of the molecule is COC(=O)c1ccc(CBr)cc1OS(=O)(=O)C(F)(F)F.c1ccc(P(c2ccccc2)c2ccccc2)cc1. The molecule has 0 amide bonds. The average Bonchev–Trinajstić information content (AvgIpc) is 2.94. The molecule has 0 spiro atoms. The van der Waals surface area contributed by atoms with Gasteiger partial charge in [0.1, 0.15) is 5.56 Å². The number of carbonyl (C=O) groups is 1. The molecule has 204 valence electrons. The molecule has 0 unspecified atom stereocenters. The lowest BCUT2D eigenvalue weighted by Crippen LogP contribution is -2.28. The summed E-state index contributed by atoms with van der Waals surface area (Å²) in [6.45, 7) is 0. The average molecular weight is 639 g/mol. The number of methoxy groups -OCH3 is 1. The van der Waals surface area contributed by atoms with E-state index in [2.05, 4.69) is 116 Å². The largest absolute Gasteiger partial charge is 0.534 e. The van der Waals surface area contributed by atoms with Crippen LogP contribution in [0.3, 0.4) is 0 Å². The van der Waals surface area contributed by atoms with Crippen molar-refractivity contribution in [1.29, 1.82) is 0 Å². The number of esters is 1. The molecule has 0 N–H and O–H groups in total. The minimum atomic E-state index is -5.86. The summed E-state index contributed by atoms with van der Waals surface area (Å²) >= 11 is 3.05. The third-order valence-corrected chi connectivity index (χ3v) is 9.19. The van der Waals surface area contributed by atoms with E-state index < -0.39 is 40.8 Å². The van der Waals surface area contributed by atoms with Crippen LogP contribution in [0.15, 0.2) is 109 Å². The smallest absolute Gasteiger partial charge is 0.465 e. The number of hydrogen-bond donors (Lipinski definition) is 0. The summed E-state index contributed by atoms with van der Waals surface area (Å²) in [5.74, 6) is -1.76. The van der Waals surface area contributed by atoms with Gasteiger partial charge in [-0.1, -0.05) is 113 Å². The van der Waals surface area contributed by atoms with Crippen LogP contribution in [0.25, 0.3) is 0 Å². The van der Waals surface area contributed by atoms with Gasteiger partial charge >= 0.3 is 21.6 Å². The summed E-state index contributed by atoms with van der Waals surface area (Å²) in [6.07, 6.45) is 0. The van der Waals surface area contributed by atoms with E-state index in [4.69, 9.17) is 0 Å². The molecule has 0 bridgehead atoms. The predicted octanol–water partition coefficient (Wildman–Crippen LogP) is 6.04. The summed E-state index contributed by atoms with van der Waals surface area (Å²) in [7, 11) is -5.31. The fourth-order valence-electron chi connectivity index (χ4n) is 3.34. The first-order valence-corrected chi connectivity index (χ1v) is 15.2. The number of halogens is 4. The third kappa shape index (κ3) is 8.14. The van der Waals surface area contributed by atoms with Gasteiger partial charge in [-0.15, -0.1) is 0 Å². The highest BCUT2D eigenvalue weighted by Gasteiger charge is 2.49. The van der Waals surface area contributed by atoms with Crippen LogP contribution in [0, 0.1) is 0 Å². The molecular formula is C28H23BrF3O5PS. The minimum Gasteiger partial charge on any atom is -0.465 e. The van der Waals surface area contributed by atoms with Gasteiger partial charge in [-0.3, -0.25) is 0 Å². The maximum absolute atomic E-state index is 12.3. The van der Waals surface area contributed by atoms with Gasteiger partial charge in [0.25, 0.3) is 0 Å². The Morgan fingerprint density at radius 2 is 1.23 bits per heavy atom. The van der Waals surface area contributed by atoms with Gasteiger partial charge in [0, 0.05) is 5.33 Å². The molecule has 11 heteroatoms. The lowest BCUT2D eigenvalue weighted by atomic mass is 10.1. The molecule has 39 heavy (non-hydrogen) atoms. The number of carbonyl (C=O) groups excluding carboxylic acids is 1. The molecule has 0 fully saturated rings. The highest BCUT2D eigenvalue weighted by molar-refractivity contribution is 9.08. The summed E-state index contributed by atoms with van der Waals surface area (Å²) < 4.78 is 67.1. The second-order valence-electron chi connectivity index (χ2n) is 7.78. The van der Waals surface area contributed by atoms with Gasteiger partial charge in [0.15, 0.2) is 5.75 Å². The van der Waals surface area contributed by atoms with Crippen molar-refractivity contribution in [3.8, 4) is 5.75 Å². The van der Waals surface area contributed by atoms with Crippen molar-refractivity contribution >= 4 is 55.9 Å². The number of hydrogen-bond acceptors (Lipinski definition) is 5. The quantitative estimate of drug-likeness (QED) is 0.0812. The van der Waals surface area contributed by atoms with Crippen LogP contribution in [0.5, 0.6) is 5.75 Å². The molecule has 0 saturated heterocycles. The zero-order valence-corrected chi connectivity index (χ0v) is 23.8. The van der Waals surface area contributed by atoms with Crippen LogP contribution >= 0.6 is 23.9 Å². The van der Waals surface area contributed by atoms with Gasteiger partial charge in [-0.2, -0.15) is 21.6 Å². The van der Waals surface area contributed by atoms with E-state index in [0.29, 0.717) is 5.56 Å². The Morgan fingerprint density at radius 1 is 0.795 bits per heavy atom. The van der Waals surface area contributed by atoms with Gasteiger partial charge in [-0.25, -0.2) is 4.79 Å². The molecule has 0 aliphatic heterocycles. The van der Waals surface area contributed by atoms with Crippen molar-refractivity contribution in [3.05, 3.63) is 120 Å². The molecule has 5 nitrogen and oxygen atoms in total. The summed E-state index contributed by atoms with van der Waals surface area (Å²) in [5, 5.41) is 4.43. The lowest BCUT2D eigenvalue weighted by Gasteiger charge is -2.18. The maximum Gasteiger partial charge on any atom is 0.534 e. The fraction of sp³-hybridized carbons (Fsp3) is 0.107. The Balaban J connectivity index is 0.000000216. The zero-order chi connectivity index (χ0) is 28.5. The van der Waals surface area contributed by atoms with Gasteiger partial charge in [-0.05, 0) is 41.5 Å². The van der Waals surface area contributed by atoms with E-state index in [1.54, 1.807) is 0 Å². The molecule has 4 aromatic rings. The molecule has 4 aromatic carbocycles. The zero-order valence-electron chi connectivity index (χ0n) is 20.5. The Morgan fingerprint density at radius 3 is 1.59 bits per heavy atom. The van der Waals surface area contributed by atoms with E-state index in [-0.39, 0.29) is 5.33 Å². The number of benzene rings is 4. The first kappa shape index (κ1) is 30.3. The minimum absolute atomic E-state index is 0.233. The first-order valence-electron chi connectivity index (χ1n) is 11.3. The lowest BCUT2D eigenvalue weighted by molar-refractivity contribution is -0.0500. The molecule has 0 aliphatic rings. The molecular weight excluding hydrogens is 616 g/mol. The summed E-state index contributed by atoms with van der Waals surface area (Å²) in [4.78, 5) is 11.4. The molecule has 0 aromatic heterocycles. The number of alkyl halides is 4. The Labute approximate surface area is 234 Å². The molecule has 4 rings (SSSR count). The topological polar surface area (TPSA) is 69.7 Å². The highest BCUT2D eigenvalue weighted by atomic mass is 79.9. The van der Waals surface area contributed by atoms with E-state index in [9.17, 15) is 26.4 Å². The van der Waals surface area contributed by atoms with Crippen LogP contribution in [0.1, 0.15) is 15.9 Å². The Hall–Kier alpha value is -3.20. The van der Waals surface area contributed by atoms with E-state index in [0.717, 1.165) is 19.2 Å². The third-order valence-electron chi connectivity index (χ3n) is 5.13. The first-order chi connectivity index (χ1) is 18.6. The van der Waals surface area contributed by atoms with E-state index in [1.165, 1.54) is 22.0 Å². The van der Waals surface area contributed by atoms with Gasteiger partial charge in [0.05, 0.1) is 7.11 Å². The maximum atomic E-state index is 12.3. The van der Waals surface area contributed by atoms with Crippen molar-refractivity contribution in [1.82, 2.24) is 0 Å². The Bertz CT molecular complexity index is 1380. The van der Waals surface area contributed by atoms with Gasteiger partial charge in [0.2, 0.25) is 0 Å². The Kier molecular flexibility index (Phi) is 10.7. The highest BCUT2D eigenvalue weighted by Crippen LogP contribution is 2.32. The molecule has 0 aliphatic carbocycles. The van der Waals surface area contributed by atoms with Crippen LogP contribution in [0.2, 0.25) is 0 Å². The molecule has 0 radical (unpaired) electrons. The predicted molar refractivity (Wildman–Crippen MR) is 151 cm³/mol. The van der Waals surface area contributed by atoms with Crippen LogP contribution in [-0.2, 0) is 20.2 Å². The normalized spacial score (nSPS) is 11.3. The second-order valence-corrected chi connectivity index (χ2v) is 12.1. The van der Waals surface area contributed by atoms with Crippen molar-refractivity contribution in [2.24, 2.45) is 0 Å². The van der Waals surface area contributed by atoms with Crippen molar-refractivity contribution in [2.75, 3.05) is 7.11 Å². The number of ether oxygens (including phenoxy) is 1. The monoisotopic (exact) mass is 638 g/mol. The second kappa shape index (κ2) is 13.7.